The van der Waals surface area contributed by atoms with Crippen molar-refractivity contribution in [2.45, 2.75) is 52.1 Å². The highest BCUT2D eigenvalue weighted by Crippen LogP contribution is 2.29. The minimum Gasteiger partial charge on any atom is -0.310 e. The van der Waals surface area contributed by atoms with E-state index in [4.69, 9.17) is 0 Å². The van der Waals surface area contributed by atoms with Crippen molar-refractivity contribution in [1.82, 2.24) is 10.2 Å². The predicted molar refractivity (Wildman–Crippen MR) is 80.4 cm³/mol. The Hall–Kier alpha value is -0.380. The number of aryl methyl sites for hydroxylation is 1. The molecule has 2 unspecified atom stereocenters. The van der Waals surface area contributed by atoms with Crippen LogP contribution in [0.4, 0.5) is 0 Å². The van der Waals surface area contributed by atoms with E-state index in [9.17, 15) is 0 Å². The van der Waals surface area contributed by atoms with Crippen molar-refractivity contribution >= 4 is 11.3 Å². The maximum atomic E-state index is 3.71. The molecule has 0 bridgehead atoms. The molecule has 2 rings (SSSR count). The molecule has 0 aliphatic carbocycles. The zero-order chi connectivity index (χ0) is 13.2. The van der Waals surface area contributed by atoms with E-state index in [1.807, 2.05) is 11.3 Å². The van der Waals surface area contributed by atoms with Crippen LogP contribution in [0.15, 0.2) is 12.1 Å². The first-order valence-electron chi connectivity index (χ1n) is 7.09. The Morgan fingerprint density at radius 1 is 1.50 bits per heavy atom. The molecule has 0 aromatic carbocycles. The molecule has 1 aliphatic heterocycles. The first kappa shape index (κ1) is 14.0. The van der Waals surface area contributed by atoms with Gasteiger partial charge in [0.25, 0.3) is 0 Å². The van der Waals surface area contributed by atoms with E-state index in [0.717, 1.165) is 13.1 Å². The molecule has 3 heteroatoms. The van der Waals surface area contributed by atoms with Gasteiger partial charge in [0.15, 0.2) is 0 Å². The number of hydrogen-bond donors (Lipinski definition) is 1. The quantitative estimate of drug-likeness (QED) is 0.899. The fourth-order valence-corrected chi connectivity index (χ4v) is 3.64. The second-order valence-corrected chi connectivity index (χ2v) is 7.11. The van der Waals surface area contributed by atoms with Crippen molar-refractivity contribution in [3.05, 3.63) is 21.9 Å². The fraction of sp³-hybridized carbons (Fsp3) is 0.733. The summed E-state index contributed by atoms with van der Waals surface area (Å²) in [6, 6.07) is 5.09. The van der Waals surface area contributed by atoms with Crippen LogP contribution in [0.2, 0.25) is 0 Å². The van der Waals surface area contributed by atoms with E-state index in [2.05, 4.69) is 50.0 Å². The van der Waals surface area contributed by atoms with Crippen molar-refractivity contribution in [3.63, 3.8) is 0 Å². The molecule has 1 N–H and O–H groups in total. The summed E-state index contributed by atoms with van der Waals surface area (Å²) >= 11 is 1.94. The average Bonchev–Trinajstić information content (AvgIpc) is 2.68. The van der Waals surface area contributed by atoms with Gasteiger partial charge in [0.2, 0.25) is 0 Å². The summed E-state index contributed by atoms with van der Waals surface area (Å²) in [4.78, 5) is 5.57. The number of thiophene rings is 1. The molecule has 0 spiro atoms. The summed E-state index contributed by atoms with van der Waals surface area (Å²) in [7, 11) is 0. The molecule has 0 radical (unpaired) electrons. The second kappa shape index (κ2) is 5.72. The van der Waals surface area contributed by atoms with Gasteiger partial charge in [0.05, 0.1) is 0 Å². The second-order valence-electron chi connectivity index (χ2n) is 5.79. The Bertz CT molecular complexity index is 388. The van der Waals surface area contributed by atoms with Crippen molar-refractivity contribution < 1.29 is 0 Å². The summed E-state index contributed by atoms with van der Waals surface area (Å²) in [6.45, 7) is 12.7. The minimum atomic E-state index is 0.275. The van der Waals surface area contributed by atoms with E-state index in [1.54, 1.807) is 0 Å². The van der Waals surface area contributed by atoms with Gasteiger partial charge in [0.1, 0.15) is 0 Å². The van der Waals surface area contributed by atoms with Gasteiger partial charge in [-0.2, -0.15) is 0 Å². The monoisotopic (exact) mass is 266 g/mol. The van der Waals surface area contributed by atoms with Gasteiger partial charge in [-0.05, 0) is 52.3 Å². The number of hydrogen-bond acceptors (Lipinski definition) is 3. The predicted octanol–water partition coefficient (Wildman–Crippen LogP) is 3.58. The zero-order valence-electron chi connectivity index (χ0n) is 12.1. The van der Waals surface area contributed by atoms with Gasteiger partial charge >= 0.3 is 0 Å². The molecule has 2 nitrogen and oxygen atoms in total. The zero-order valence-corrected chi connectivity index (χ0v) is 12.9. The van der Waals surface area contributed by atoms with Gasteiger partial charge in [-0.25, -0.2) is 0 Å². The number of rotatable bonds is 3. The summed E-state index contributed by atoms with van der Waals surface area (Å²) in [5.41, 5.74) is 0.275. The van der Waals surface area contributed by atoms with Gasteiger partial charge in [-0.3, -0.25) is 4.90 Å². The van der Waals surface area contributed by atoms with Crippen LogP contribution in [-0.4, -0.2) is 30.1 Å². The highest BCUT2D eigenvalue weighted by atomic mass is 32.1. The van der Waals surface area contributed by atoms with Crippen molar-refractivity contribution in [1.29, 1.82) is 0 Å². The Balaban J connectivity index is 2.11. The van der Waals surface area contributed by atoms with E-state index >= 15 is 0 Å². The summed E-state index contributed by atoms with van der Waals surface area (Å²) in [5, 5.41) is 3.71. The lowest BCUT2D eigenvalue weighted by molar-refractivity contribution is 0.171. The third-order valence-corrected chi connectivity index (χ3v) is 5.40. The number of nitrogens with zero attached hydrogens (tertiary/aromatic N) is 1. The first-order chi connectivity index (χ1) is 8.54. The third kappa shape index (κ3) is 3.14. The lowest BCUT2D eigenvalue weighted by atomic mass is 9.98. The van der Waals surface area contributed by atoms with Gasteiger partial charge in [-0.15, -0.1) is 11.3 Å². The molecule has 1 aromatic rings. The number of nitrogens with one attached hydrogen (secondary N) is 1. The molecule has 1 saturated heterocycles. The van der Waals surface area contributed by atoms with Crippen LogP contribution < -0.4 is 5.32 Å². The van der Waals surface area contributed by atoms with Crippen LogP contribution in [0.1, 0.15) is 49.4 Å². The Kier molecular flexibility index (Phi) is 4.46. The van der Waals surface area contributed by atoms with Crippen LogP contribution in [0.5, 0.6) is 0 Å². The highest BCUT2D eigenvalue weighted by Gasteiger charge is 2.29. The molecular formula is C15H26N2S. The molecule has 18 heavy (non-hydrogen) atoms. The average molecular weight is 266 g/mol. The SMILES string of the molecule is CCC1(C)CN(C(C)c2ccc(C)s2)CCCN1. The summed E-state index contributed by atoms with van der Waals surface area (Å²) in [5.74, 6) is 0. The normalized spacial score (nSPS) is 28.0. The molecule has 0 amide bonds. The van der Waals surface area contributed by atoms with Crippen LogP contribution in [0, 0.1) is 6.92 Å². The first-order valence-corrected chi connectivity index (χ1v) is 7.91. The van der Waals surface area contributed by atoms with Gasteiger partial charge in [-0.1, -0.05) is 6.92 Å². The molecule has 0 saturated carbocycles. The van der Waals surface area contributed by atoms with E-state index < -0.39 is 0 Å². The summed E-state index contributed by atoms with van der Waals surface area (Å²) < 4.78 is 0. The van der Waals surface area contributed by atoms with Gasteiger partial charge < -0.3 is 5.32 Å². The minimum absolute atomic E-state index is 0.275. The Morgan fingerprint density at radius 3 is 2.89 bits per heavy atom. The summed E-state index contributed by atoms with van der Waals surface area (Å²) in [6.07, 6.45) is 2.45. The van der Waals surface area contributed by atoms with E-state index in [-0.39, 0.29) is 5.54 Å². The molecular weight excluding hydrogens is 240 g/mol. The van der Waals surface area contributed by atoms with Crippen LogP contribution in [-0.2, 0) is 0 Å². The topological polar surface area (TPSA) is 15.3 Å². The molecule has 102 valence electrons. The van der Waals surface area contributed by atoms with Crippen LogP contribution in [0.25, 0.3) is 0 Å². The van der Waals surface area contributed by atoms with Crippen LogP contribution >= 0.6 is 11.3 Å². The lowest BCUT2D eigenvalue weighted by Crippen LogP contribution is -2.48. The van der Waals surface area contributed by atoms with Crippen LogP contribution in [0.3, 0.4) is 0 Å². The fourth-order valence-electron chi connectivity index (χ4n) is 2.68. The lowest BCUT2D eigenvalue weighted by Gasteiger charge is -2.35. The Morgan fingerprint density at radius 2 is 2.28 bits per heavy atom. The maximum absolute atomic E-state index is 3.71. The van der Waals surface area contributed by atoms with E-state index in [0.29, 0.717) is 6.04 Å². The van der Waals surface area contributed by atoms with Crippen molar-refractivity contribution in [2.24, 2.45) is 0 Å². The van der Waals surface area contributed by atoms with E-state index in [1.165, 1.54) is 29.1 Å². The third-order valence-electron chi connectivity index (χ3n) is 4.23. The van der Waals surface area contributed by atoms with Crippen molar-refractivity contribution in [2.75, 3.05) is 19.6 Å². The molecule has 1 aromatic heterocycles. The molecule has 1 aliphatic rings. The molecule has 2 heterocycles. The molecule has 1 fully saturated rings. The Labute approximate surface area is 115 Å². The standard InChI is InChI=1S/C15H26N2S/c1-5-15(4)11-17(10-6-9-16-15)13(3)14-8-7-12(2)18-14/h7-8,13,16H,5-6,9-11H2,1-4H3. The maximum Gasteiger partial charge on any atom is 0.0414 e. The van der Waals surface area contributed by atoms with Gasteiger partial charge in [0, 0.05) is 34.4 Å². The largest absolute Gasteiger partial charge is 0.310 e. The highest BCUT2D eigenvalue weighted by molar-refractivity contribution is 7.12. The smallest absolute Gasteiger partial charge is 0.0414 e. The molecule has 2 atom stereocenters. The van der Waals surface area contributed by atoms with Crippen molar-refractivity contribution in [3.8, 4) is 0 Å².